The molecule has 2 aromatic carbocycles. The molecule has 33 heavy (non-hydrogen) atoms. The van der Waals surface area contributed by atoms with E-state index in [9.17, 15) is 9.90 Å². The molecule has 0 aliphatic carbocycles. The Morgan fingerprint density at radius 3 is 2.30 bits per heavy atom. The smallest absolute Gasteiger partial charge is 0.335 e. The Labute approximate surface area is 218 Å². The van der Waals surface area contributed by atoms with Gasteiger partial charge in [0.25, 0.3) is 0 Å². The summed E-state index contributed by atoms with van der Waals surface area (Å²) < 4.78 is 11.0. The van der Waals surface area contributed by atoms with Crippen LogP contribution in [-0.4, -0.2) is 35.4 Å². The number of para-hydroxylation sites is 1. The summed E-state index contributed by atoms with van der Waals surface area (Å²) in [6.45, 7) is 1.69. The van der Waals surface area contributed by atoms with Gasteiger partial charge in [-0.05, 0) is 36.9 Å². The normalized spacial score (nSPS) is 16.8. The summed E-state index contributed by atoms with van der Waals surface area (Å²) in [5.74, 6) is -0.0834. The second kappa shape index (κ2) is 10.9. The van der Waals surface area contributed by atoms with Crippen LogP contribution in [0, 0.1) is 0 Å². The third kappa shape index (κ3) is 4.79. The van der Waals surface area contributed by atoms with E-state index in [4.69, 9.17) is 32.7 Å². The average molecular weight is 550 g/mol. The maximum atomic E-state index is 12.3. The predicted octanol–water partition coefficient (Wildman–Crippen LogP) is 6.67. The van der Waals surface area contributed by atoms with Crippen molar-refractivity contribution >= 4 is 75.8 Å². The summed E-state index contributed by atoms with van der Waals surface area (Å²) in [7, 11) is 3.07. The van der Waals surface area contributed by atoms with Gasteiger partial charge < -0.3 is 19.5 Å². The van der Waals surface area contributed by atoms with Gasteiger partial charge in [0.15, 0.2) is 16.7 Å². The lowest BCUT2D eigenvalue weighted by atomic mass is 9.93. The molecule has 0 fully saturated rings. The van der Waals surface area contributed by atoms with E-state index >= 15 is 0 Å². The standard InChI is InChI=1S/C22H18Cl2N2O4S.2ClH/c1-11-17(21(27)28)19(12-6-4-9-15(29-2)20(12)30-3)26-10-16(31-22(26)25-11)18-13(23)7-5-8-14(18)24;;/h4-10,19H,1-3H3,(H,27,28);2*1H. The molecule has 0 spiro atoms. The number of rotatable bonds is 5. The van der Waals surface area contributed by atoms with Gasteiger partial charge in [0.2, 0.25) is 0 Å². The number of aliphatic imine (C=N–C) groups is 1. The summed E-state index contributed by atoms with van der Waals surface area (Å²) in [6.07, 6.45) is 1.83. The molecule has 6 nitrogen and oxygen atoms in total. The zero-order chi connectivity index (χ0) is 22.3. The summed E-state index contributed by atoms with van der Waals surface area (Å²) in [5, 5.41) is 11.7. The summed E-state index contributed by atoms with van der Waals surface area (Å²) in [5.41, 5.74) is 1.90. The Hall–Kier alpha value is -2.03. The first-order valence-electron chi connectivity index (χ1n) is 9.23. The van der Waals surface area contributed by atoms with Gasteiger partial charge in [-0.25, -0.2) is 9.79 Å². The SMILES string of the molecule is COc1cccc(C2C(C(=O)O)=C(C)N=C3SC(c4c(Cl)cccc4Cl)=CN32)c1OC.Cl.Cl. The number of allylic oxidation sites excluding steroid dienone is 1. The summed E-state index contributed by atoms with van der Waals surface area (Å²) in [6, 6.07) is 10.0. The summed E-state index contributed by atoms with van der Waals surface area (Å²) in [4.78, 5) is 19.4. The molecule has 0 radical (unpaired) electrons. The maximum Gasteiger partial charge on any atom is 0.335 e. The number of carbonyl (C=O) groups is 1. The van der Waals surface area contributed by atoms with E-state index < -0.39 is 12.0 Å². The number of carboxylic acid groups (broad SMARTS) is 1. The van der Waals surface area contributed by atoms with Crippen LogP contribution in [0.3, 0.4) is 0 Å². The number of hydrogen-bond donors (Lipinski definition) is 1. The fraction of sp³-hybridized carbons (Fsp3) is 0.182. The maximum absolute atomic E-state index is 12.3. The molecule has 0 saturated carbocycles. The van der Waals surface area contributed by atoms with Crippen LogP contribution in [0.5, 0.6) is 11.5 Å². The van der Waals surface area contributed by atoms with Crippen molar-refractivity contribution < 1.29 is 19.4 Å². The van der Waals surface area contributed by atoms with E-state index in [0.29, 0.717) is 43.5 Å². The molecule has 0 aromatic heterocycles. The average Bonchev–Trinajstić information content (AvgIpc) is 3.14. The number of halogens is 4. The van der Waals surface area contributed by atoms with E-state index in [-0.39, 0.29) is 30.4 Å². The van der Waals surface area contributed by atoms with Crippen molar-refractivity contribution in [3.8, 4) is 11.5 Å². The molecular formula is C22H20Cl4N2O4S. The van der Waals surface area contributed by atoms with Gasteiger partial charge in [0.05, 0.1) is 41.6 Å². The van der Waals surface area contributed by atoms with Crippen molar-refractivity contribution in [3.05, 3.63) is 75.0 Å². The highest BCUT2D eigenvalue weighted by Crippen LogP contribution is 2.50. The third-order valence-electron chi connectivity index (χ3n) is 5.05. The zero-order valence-corrected chi connectivity index (χ0v) is 21.6. The monoisotopic (exact) mass is 548 g/mol. The molecule has 2 heterocycles. The lowest BCUT2D eigenvalue weighted by Gasteiger charge is -2.33. The van der Waals surface area contributed by atoms with Gasteiger partial charge in [-0.2, -0.15) is 0 Å². The van der Waals surface area contributed by atoms with Crippen LogP contribution in [0.25, 0.3) is 4.91 Å². The van der Waals surface area contributed by atoms with Crippen molar-refractivity contribution in [1.82, 2.24) is 4.90 Å². The molecule has 0 amide bonds. The number of aliphatic carboxylic acids is 1. The Balaban J connectivity index is 0.00000193. The number of benzene rings is 2. The molecule has 176 valence electrons. The van der Waals surface area contributed by atoms with Gasteiger partial charge in [-0.15, -0.1) is 24.8 Å². The molecule has 1 atom stereocenters. The van der Waals surface area contributed by atoms with E-state index in [1.807, 2.05) is 17.2 Å². The molecule has 2 aromatic rings. The minimum Gasteiger partial charge on any atom is -0.493 e. The first kappa shape index (κ1) is 27.2. The molecule has 4 rings (SSSR count). The lowest BCUT2D eigenvalue weighted by Crippen LogP contribution is -2.33. The molecule has 2 aliphatic heterocycles. The van der Waals surface area contributed by atoms with E-state index in [1.54, 1.807) is 37.3 Å². The van der Waals surface area contributed by atoms with Crippen LogP contribution in [0.4, 0.5) is 0 Å². The van der Waals surface area contributed by atoms with Crippen LogP contribution < -0.4 is 9.47 Å². The first-order valence-corrected chi connectivity index (χ1v) is 10.8. The van der Waals surface area contributed by atoms with Crippen molar-refractivity contribution in [2.45, 2.75) is 13.0 Å². The van der Waals surface area contributed by atoms with Crippen LogP contribution in [-0.2, 0) is 4.79 Å². The molecule has 0 saturated heterocycles. The zero-order valence-electron chi connectivity index (χ0n) is 17.7. The van der Waals surface area contributed by atoms with Crippen molar-refractivity contribution in [1.29, 1.82) is 0 Å². The van der Waals surface area contributed by atoms with E-state index in [2.05, 4.69) is 4.99 Å². The van der Waals surface area contributed by atoms with Gasteiger partial charge in [-0.3, -0.25) is 0 Å². The third-order valence-corrected chi connectivity index (χ3v) is 6.69. The second-order valence-electron chi connectivity index (χ2n) is 6.78. The number of hydrogen-bond acceptors (Lipinski definition) is 6. The summed E-state index contributed by atoms with van der Waals surface area (Å²) >= 11 is 14.2. The van der Waals surface area contributed by atoms with Gasteiger partial charge in [-0.1, -0.05) is 41.4 Å². The number of fused-ring (bicyclic) bond motifs is 1. The van der Waals surface area contributed by atoms with Crippen LogP contribution >= 0.6 is 59.8 Å². The Morgan fingerprint density at radius 2 is 1.73 bits per heavy atom. The predicted molar refractivity (Wildman–Crippen MR) is 138 cm³/mol. The van der Waals surface area contributed by atoms with Crippen molar-refractivity contribution in [3.63, 3.8) is 0 Å². The number of amidine groups is 1. The molecule has 2 aliphatic rings. The first-order chi connectivity index (χ1) is 14.9. The minimum atomic E-state index is -1.06. The number of carboxylic acids is 1. The fourth-order valence-corrected chi connectivity index (χ4v) is 5.56. The Morgan fingerprint density at radius 1 is 1.09 bits per heavy atom. The fourth-order valence-electron chi connectivity index (χ4n) is 3.72. The highest BCUT2D eigenvalue weighted by molar-refractivity contribution is 8.22. The lowest BCUT2D eigenvalue weighted by molar-refractivity contribution is -0.133. The largest absolute Gasteiger partial charge is 0.493 e. The topological polar surface area (TPSA) is 71.4 Å². The molecular weight excluding hydrogens is 530 g/mol. The van der Waals surface area contributed by atoms with Gasteiger partial charge >= 0.3 is 5.97 Å². The molecule has 11 heteroatoms. The quantitative estimate of drug-likeness (QED) is 0.449. The van der Waals surface area contributed by atoms with Crippen molar-refractivity contribution in [2.24, 2.45) is 4.99 Å². The number of nitrogens with zero attached hydrogens (tertiary/aromatic N) is 2. The van der Waals surface area contributed by atoms with E-state index in [1.165, 1.54) is 26.0 Å². The highest BCUT2D eigenvalue weighted by Gasteiger charge is 2.41. The molecule has 1 N–H and O–H groups in total. The van der Waals surface area contributed by atoms with Crippen LogP contribution in [0.15, 0.2) is 58.9 Å². The Bertz CT molecular complexity index is 1160. The minimum absolute atomic E-state index is 0. The number of methoxy groups -OCH3 is 2. The van der Waals surface area contributed by atoms with Gasteiger partial charge in [0.1, 0.15) is 0 Å². The van der Waals surface area contributed by atoms with Crippen molar-refractivity contribution in [2.75, 3.05) is 14.2 Å². The number of thioether (sulfide) groups is 1. The molecule has 0 bridgehead atoms. The Kier molecular flexibility index (Phi) is 9.01. The van der Waals surface area contributed by atoms with E-state index in [0.717, 1.165) is 4.91 Å². The highest BCUT2D eigenvalue weighted by atomic mass is 35.5. The van der Waals surface area contributed by atoms with Gasteiger partial charge in [0, 0.05) is 22.2 Å². The molecule has 1 unspecified atom stereocenters. The van der Waals surface area contributed by atoms with Crippen LogP contribution in [0.2, 0.25) is 10.0 Å². The number of ether oxygens (including phenoxy) is 2. The second-order valence-corrected chi connectivity index (χ2v) is 8.61. The van der Waals surface area contributed by atoms with Crippen LogP contribution in [0.1, 0.15) is 24.1 Å².